The average molecular weight is 437 g/mol. The number of anilines is 1. The Morgan fingerprint density at radius 2 is 2.24 bits per heavy atom. The smallest absolute Gasteiger partial charge is 0.179 e. The highest BCUT2D eigenvalue weighted by Gasteiger charge is 2.30. The van der Waals surface area contributed by atoms with E-state index in [4.69, 9.17) is 20.8 Å². The number of aryl methyl sites for hydroxylation is 1. The molecule has 0 amide bonds. The van der Waals surface area contributed by atoms with Gasteiger partial charge in [-0.2, -0.15) is 0 Å². The Balaban J connectivity index is 0.00000240. The van der Waals surface area contributed by atoms with Crippen molar-refractivity contribution in [2.24, 2.45) is 0 Å². The number of ether oxygens (including phenoxy) is 1. The van der Waals surface area contributed by atoms with E-state index in [2.05, 4.69) is 27.1 Å². The van der Waals surface area contributed by atoms with Gasteiger partial charge in [0, 0.05) is 35.6 Å². The van der Waals surface area contributed by atoms with Gasteiger partial charge in [0.15, 0.2) is 11.6 Å². The standard InChI is InChI=1S/C21H25ClN4O2.ClH/c1-14-18(26(9-8-24-14)21-20(27-2)11-23-13-25-21)5-3-4-15-12-28-19-7-6-16(22)10-17(15)19;/h6-7,10-14,18,24H,3-5,8-9H2,1-2H3;1H. The maximum absolute atomic E-state index is 6.16. The fraction of sp³-hybridized carbons (Fsp3) is 0.429. The number of aromatic nitrogens is 2. The van der Waals surface area contributed by atoms with Crippen molar-refractivity contribution >= 4 is 40.8 Å². The highest BCUT2D eigenvalue weighted by atomic mass is 35.5. The zero-order chi connectivity index (χ0) is 19.5. The highest BCUT2D eigenvalue weighted by Crippen LogP contribution is 2.30. The van der Waals surface area contributed by atoms with Crippen LogP contribution >= 0.6 is 24.0 Å². The summed E-state index contributed by atoms with van der Waals surface area (Å²) >= 11 is 6.16. The number of furan rings is 1. The van der Waals surface area contributed by atoms with Crippen molar-refractivity contribution in [3.8, 4) is 5.75 Å². The molecule has 0 saturated carbocycles. The monoisotopic (exact) mass is 436 g/mol. The average Bonchev–Trinajstić information content (AvgIpc) is 3.11. The fourth-order valence-corrected chi connectivity index (χ4v) is 4.24. The van der Waals surface area contributed by atoms with Gasteiger partial charge >= 0.3 is 0 Å². The summed E-state index contributed by atoms with van der Waals surface area (Å²) in [6.07, 6.45) is 8.20. The molecule has 29 heavy (non-hydrogen) atoms. The molecule has 156 valence electrons. The molecule has 2 unspecified atom stereocenters. The molecule has 1 fully saturated rings. The SMILES string of the molecule is COc1cncnc1N1CCNC(C)C1CCCc1coc2ccc(Cl)cc12.Cl. The topological polar surface area (TPSA) is 63.4 Å². The number of nitrogens with one attached hydrogen (secondary N) is 1. The van der Waals surface area contributed by atoms with Gasteiger partial charge in [-0.05, 0) is 49.9 Å². The largest absolute Gasteiger partial charge is 0.491 e. The molecule has 0 spiro atoms. The highest BCUT2D eigenvalue weighted by molar-refractivity contribution is 6.31. The fourth-order valence-electron chi connectivity index (χ4n) is 4.07. The maximum Gasteiger partial charge on any atom is 0.179 e. The van der Waals surface area contributed by atoms with Crippen LogP contribution in [0.2, 0.25) is 5.02 Å². The molecular weight excluding hydrogens is 411 g/mol. The number of hydrogen-bond acceptors (Lipinski definition) is 6. The zero-order valence-electron chi connectivity index (χ0n) is 16.6. The Labute approximate surface area is 182 Å². The molecule has 1 aliphatic heterocycles. The molecule has 0 radical (unpaired) electrons. The summed E-state index contributed by atoms with van der Waals surface area (Å²) in [4.78, 5) is 10.9. The molecule has 1 N–H and O–H groups in total. The van der Waals surface area contributed by atoms with Crippen LogP contribution in [0.3, 0.4) is 0 Å². The van der Waals surface area contributed by atoms with Gasteiger partial charge in [-0.1, -0.05) is 11.6 Å². The Morgan fingerprint density at radius 1 is 1.38 bits per heavy atom. The van der Waals surface area contributed by atoms with Gasteiger partial charge in [0.2, 0.25) is 0 Å². The predicted molar refractivity (Wildman–Crippen MR) is 119 cm³/mol. The number of fused-ring (bicyclic) bond motifs is 1. The number of nitrogens with zero attached hydrogens (tertiary/aromatic N) is 3. The maximum atomic E-state index is 6.16. The Morgan fingerprint density at radius 3 is 3.07 bits per heavy atom. The predicted octanol–water partition coefficient (Wildman–Crippen LogP) is 4.50. The number of halogens is 2. The second kappa shape index (κ2) is 9.65. The Bertz CT molecular complexity index is 949. The van der Waals surface area contributed by atoms with Crippen LogP contribution < -0.4 is 15.0 Å². The quantitative estimate of drug-likeness (QED) is 0.613. The second-order valence-corrected chi connectivity index (χ2v) is 7.65. The van der Waals surface area contributed by atoms with Gasteiger partial charge in [0.05, 0.1) is 19.6 Å². The molecule has 1 aliphatic rings. The van der Waals surface area contributed by atoms with Crippen molar-refractivity contribution in [2.45, 2.75) is 38.3 Å². The number of piperazine rings is 1. The van der Waals surface area contributed by atoms with Crippen molar-refractivity contribution in [3.63, 3.8) is 0 Å². The van der Waals surface area contributed by atoms with Gasteiger partial charge in [-0.3, -0.25) is 0 Å². The van der Waals surface area contributed by atoms with Crippen LogP contribution in [0.15, 0.2) is 41.4 Å². The van der Waals surface area contributed by atoms with Crippen molar-refractivity contribution in [1.29, 1.82) is 0 Å². The van der Waals surface area contributed by atoms with E-state index in [0.29, 0.717) is 12.1 Å². The third-order valence-electron chi connectivity index (χ3n) is 5.51. The number of methoxy groups -OCH3 is 1. The van der Waals surface area contributed by atoms with E-state index in [-0.39, 0.29) is 12.4 Å². The summed E-state index contributed by atoms with van der Waals surface area (Å²) in [5, 5.41) is 5.43. The minimum atomic E-state index is 0. The summed E-state index contributed by atoms with van der Waals surface area (Å²) < 4.78 is 11.2. The second-order valence-electron chi connectivity index (χ2n) is 7.21. The lowest BCUT2D eigenvalue weighted by molar-refractivity contribution is 0.352. The van der Waals surface area contributed by atoms with E-state index < -0.39 is 0 Å². The number of benzene rings is 1. The molecule has 1 aromatic carbocycles. The molecule has 1 saturated heterocycles. The van der Waals surface area contributed by atoms with Crippen molar-refractivity contribution in [3.05, 3.63) is 47.6 Å². The first-order valence-electron chi connectivity index (χ1n) is 9.67. The summed E-state index contributed by atoms with van der Waals surface area (Å²) in [5.41, 5.74) is 2.10. The van der Waals surface area contributed by atoms with E-state index in [1.54, 1.807) is 19.6 Å². The van der Waals surface area contributed by atoms with Crippen LogP contribution in [0.4, 0.5) is 5.82 Å². The molecule has 6 nitrogen and oxygen atoms in total. The Hall–Kier alpha value is -2.02. The van der Waals surface area contributed by atoms with Crippen LogP contribution in [0, 0.1) is 0 Å². The lowest BCUT2D eigenvalue weighted by atomic mass is 9.97. The molecule has 0 bridgehead atoms. The van der Waals surface area contributed by atoms with Gasteiger partial charge < -0.3 is 19.4 Å². The van der Waals surface area contributed by atoms with Crippen molar-refractivity contribution < 1.29 is 9.15 Å². The van der Waals surface area contributed by atoms with Gasteiger partial charge in [0.1, 0.15) is 11.9 Å². The first-order chi connectivity index (χ1) is 13.7. The summed E-state index contributed by atoms with van der Waals surface area (Å²) in [5.74, 6) is 1.59. The van der Waals surface area contributed by atoms with Crippen LogP contribution in [-0.2, 0) is 6.42 Å². The molecule has 3 heterocycles. The lowest BCUT2D eigenvalue weighted by Crippen LogP contribution is -2.57. The Kier molecular flexibility index (Phi) is 7.22. The van der Waals surface area contributed by atoms with Crippen LogP contribution in [0.25, 0.3) is 11.0 Å². The van der Waals surface area contributed by atoms with Crippen molar-refractivity contribution in [2.75, 3.05) is 25.1 Å². The van der Waals surface area contributed by atoms with Crippen molar-refractivity contribution in [1.82, 2.24) is 15.3 Å². The first kappa shape index (κ1) is 21.7. The molecule has 2 atom stereocenters. The third kappa shape index (κ3) is 4.60. The lowest BCUT2D eigenvalue weighted by Gasteiger charge is -2.41. The van der Waals surface area contributed by atoms with E-state index in [0.717, 1.165) is 59.9 Å². The minimum absolute atomic E-state index is 0. The van der Waals surface area contributed by atoms with E-state index >= 15 is 0 Å². The van der Waals surface area contributed by atoms with Gasteiger partial charge in [-0.15, -0.1) is 12.4 Å². The van der Waals surface area contributed by atoms with Crippen LogP contribution in [0.1, 0.15) is 25.3 Å². The molecule has 4 rings (SSSR count). The summed E-state index contributed by atoms with van der Waals surface area (Å²) in [6, 6.07) is 6.47. The first-order valence-corrected chi connectivity index (χ1v) is 10.0. The molecule has 0 aliphatic carbocycles. The van der Waals surface area contributed by atoms with Crippen LogP contribution in [0.5, 0.6) is 5.75 Å². The number of hydrogen-bond donors (Lipinski definition) is 1. The minimum Gasteiger partial charge on any atom is -0.491 e. The summed E-state index contributed by atoms with van der Waals surface area (Å²) in [6.45, 7) is 4.06. The van der Waals surface area contributed by atoms with Crippen LogP contribution in [-0.4, -0.2) is 42.3 Å². The molecule has 8 heteroatoms. The van der Waals surface area contributed by atoms with Gasteiger partial charge in [-0.25, -0.2) is 9.97 Å². The van der Waals surface area contributed by atoms with E-state index in [9.17, 15) is 0 Å². The number of rotatable bonds is 6. The summed E-state index contributed by atoms with van der Waals surface area (Å²) in [7, 11) is 1.66. The van der Waals surface area contributed by atoms with Gasteiger partial charge in [0.25, 0.3) is 0 Å². The molecular formula is C21H26Cl2N4O2. The zero-order valence-corrected chi connectivity index (χ0v) is 18.2. The third-order valence-corrected chi connectivity index (χ3v) is 5.74. The normalized spacial score (nSPS) is 19.2. The van der Waals surface area contributed by atoms with E-state index in [1.807, 2.05) is 24.5 Å². The molecule has 3 aromatic rings. The molecule has 2 aromatic heterocycles. The van der Waals surface area contributed by atoms with E-state index in [1.165, 1.54) is 5.56 Å².